The van der Waals surface area contributed by atoms with Gasteiger partial charge in [-0.1, -0.05) is 11.6 Å². The van der Waals surface area contributed by atoms with Gasteiger partial charge in [-0.15, -0.1) is 0 Å². The molecule has 1 aliphatic rings. The van der Waals surface area contributed by atoms with Crippen molar-refractivity contribution < 1.29 is 19.6 Å². The number of anilines is 1. The summed E-state index contributed by atoms with van der Waals surface area (Å²) in [5.41, 5.74) is 0.420. The highest BCUT2D eigenvalue weighted by atomic mass is 35.5. The number of halogens is 1. The molecule has 0 spiro atoms. The van der Waals surface area contributed by atoms with Gasteiger partial charge in [0.15, 0.2) is 0 Å². The first-order chi connectivity index (χ1) is 10.4. The molecule has 0 unspecified atom stereocenters. The molecule has 8 nitrogen and oxygen atoms in total. The molecule has 118 valence electrons. The number of rotatable bonds is 6. The van der Waals surface area contributed by atoms with Crippen molar-refractivity contribution in [2.75, 3.05) is 25.0 Å². The van der Waals surface area contributed by atoms with Crippen molar-refractivity contribution in [1.29, 1.82) is 0 Å². The zero-order valence-corrected chi connectivity index (χ0v) is 12.2. The van der Waals surface area contributed by atoms with Gasteiger partial charge in [-0.2, -0.15) is 0 Å². The van der Waals surface area contributed by atoms with E-state index in [1.54, 1.807) is 0 Å². The molecule has 1 amide bonds. The van der Waals surface area contributed by atoms with Gasteiger partial charge in [0.2, 0.25) is 5.91 Å². The molecular weight excluding hydrogens is 314 g/mol. The highest BCUT2D eigenvalue weighted by molar-refractivity contribution is 6.33. The van der Waals surface area contributed by atoms with E-state index in [9.17, 15) is 19.7 Å². The predicted molar refractivity (Wildman–Crippen MR) is 78.9 cm³/mol. The van der Waals surface area contributed by atoms with Crippen LogP contribution in [-0.2, 0) is 9.59 Å². The number of benzene rings is 1. The van der Waals surface area contributed by atoms with Gasteiger partial charge in [-0.25, -0.2) is 0 Å². The fraction of sp³-hybridized carbons (Fsp3) is 0.385. The van der Waals surface area contributed by atoms with E-state index in [1.165, 1.54) is 23.1 Å². The van der Waals surface area contributed by atoms with Gasteiger partial charge < -0.3 is 15.3 Å². The molecule has 1 aromatic carbocycles. The van der Waals surface area contributed by atoms with E-state index < -0.39 is 16.8 Å². The Labute approximate surface area is 130 Å². The van der Waals surface area contributed by atoms with Crippen LogP contribution in [0.5, 0.6) is 0 Å². The van der Waals surface area contributed by atoms with Crippen molar-refractivity contribution in [2.45, 2.75) is 6.42 Å². The van der Waals surface area contributed by atoms with Crippen molar-refractivity contribution in [3.63, 3.8) is 0 Å². The zero-order chi connectivity index (χ0) is 16.3. The van der Waals surface area contributed by atoms with E-state index in [0.29, 0.717) is 18.8 Å². The molecule has 1 aliphatic heterocycles. The first-order valence-electron chi connectivity index (χ1n) is 6.57. The number of likely N-dealkylation sites (tertiary alicyclic amines) is 1. The van der Waals surface area contributed by atoms with Gasteiger partial charge in [-0.05, 0) is 6.07 Å². The second-order valence-corrected chi connectivity index (χ2v) is 5.33. The number of amides is 1. The lowest BCUT2D eigenvalue weighted by atomic mass is 10.1. The number of carbonyl (C=O) groups is 2. The van der Waals surface area contributed by atoms with Crippen LogP contribution in [-0.4, -0.2) is 46.4 Å². The van der Waals surface area contributed by atoms with Crippen molar-refractivity contribution in [3.05, 3.63) is 33.3 Å². The maximum atomic E-state index is 11.7. The maximum absolute atomic E-state index is 11.7. The number of carbonyl (C=O) groups excluding carboxylic acids is 1. The van der Waals surface area contributed by atoms with E-state index in [2.05, 4.69) is 5.32 Å². The Bertz CT molecular complexity index is 622. The van der Waals surface area contributed by atoms with Crippen LogP contribution in [0.2, 0.25) is 5.02 Å². The number of hydrogen-bond donors (Lipinski definition) is 2. The highest BCUT2D eigenvalue weighted by Gasteiger charge is 2.33. The molecule has 0 aliphatic carbocycles. The standard InChI is InChI=1S/C13H14ClN3O5/c14-10-6-9(17(21)22)1-2-11(10)15-3-4-16-7-8(13(19)20)5-12(16)18/h1-2,6,8,15H,3-5,7H2,(H,19,20)/t8-/m0/s1. The van der Waals surface area contributed by atoms with Gasteiger partial charge in [0, 0.05) is 38.2 Å². The van der Waals surface area contributed by atoms with Crippen LogP contribution in [0, 0.1) is 16.0 Å². The lowest BCUT2D eigenvalue weighted by Gasteiger charge is -2.17. The maximum Gasteiger partial charge on any atom is 0.308 e. The van der Waals surface area contributed by atoms with Crippen LogP contribution in [0.25, 0.3) is 0 Å². The number of nitro groups is 1. The molecule has 2 rings (SSSR count). The minimum Gasteiger partial charge on any atom is -0.481 e. The molecule has 1 atom stereocenters. The Morgan fingerprint density at radius 3 is 2.82 bits per heavy atom. The third-order valence-electron chi connectivity index (χ3n) is 3.42. The predicted octanol–water partition coefficient (Wildman–Crippen LogP) is 1.59. The van der Waals surface area contributed by atoms with Crippen LogP contribution >= 0.6 is 11.6 Å². The summed E-state index contributed by atoms with van der Waals surface area (Å²) in [5.74, 6) is -1.82. The number of nitro benzene ring substituents is 1. The van der Waals surface area contributed by atoms with E-state index in [0.717, 1.165) is 0 Å². The lowest BCUT2D eigenvalue weighted by molar-refractivity contribution is -0.384. The fourth-order valence-corrected chi connectivity index (χ4v) is 2.48. The molecule has 0 radical (unpaired) electrons. The van der Waals surface area contributed by atoms with Gasteiger partial charge in [-0.3, -0.25) is 19.7 Å². The lowest BCUT2D eigenvalue weighted by Crippen LogP contribution is -2.31. The van der Waals surface area contributed by atoms with Gasteiger partial charge in [0.05, 0.1) is 21.6 Å². The van der Waals surface area contributed by atoms with E-state index in [1.807, 2.05) is 0 Å². The van der Waals surface area contributed by atoms with Crippen LogP contribution in [0.15, 0.2) is 18.2 Å². The van der Waals surface area contributed by atoms with Gasteiger partial charge >= 0.3 is 5.97 Å². The summed E-state index contributed by atoms with van der Waals surface area (Å²) in [5, 5.41) is 22.7. The minimum atomic E-state index is -0.970. The van der Waals surface area contributed by atoms with Crippen LogP contribution in [0.4, 0.5) is 11.4 Å². The van der Waals surface area contributed by atoms with Crippen LogP contribution < -0.4 is 5.32 Å². The number of aliphatic carboxylic acids is 1. The zero-order valence-electron chi connectivity index (χ0n) is 11.5. The summed E-state index contributed by atoms with van der Waals surface area (Å²) in [6.07, 6.45) is 0.0214. The smallest absolute Gasteiger partial charge is 0.308 e. The van der Waals surface area contributed by atoms with Gasteiger partial charge in [0.1, 0.15) is 0 Å². The van der Waals surface area contributed by atoms with Crippen molar-refractivity contribution in [3.8, 4) is 0 Å². The SMILES string of the molecule is O=C(O)[C@H]1CC(=O)N(CCNc2ccc([N+](=O)[O-])cc2Cl)C1. The quantitative estimate of drug-likeness (QED) is 0.606. The van der Waals surface area contributed by atoms with Crippen LogP contribution in [0.1, 0.15) is 6.42 Å². The Balaban J connectivity index is 1.88. The average Bonchev–Trinajstić information content (AvgIpc) is 2.82. The summed E-state index contributed by atoms with van der Waals surface area (Å²) >= 11 is 5.94. The largest absolute Gasteiger partial charge is 0.481 e. The number of nitrogens with one attached hydrogen (secondary N) is 1. The third kappa shape index (κ3) is 3.64. The fourth-order valence-electron chi connectivity index (χ4n) is 2.24. The Morgan fingerprint density at radius 1 is 1.55 bits per heavy atom. The van der Waals surface area contributed by atoms with E-state index >= 15 is 0 Å². The molecule has 1 aromatic rings. The molecule has 1 heterocycles. The van der Waals surface area contributed by atoms with Crippen molar-refractivity contribution >= 4 is 34.9 Å². The molecule has 1 fully saturated rings. The number of non-ortho nitro benzene ring substituents is 1. The number of nitrogens with zero attached hydrogens (tertiary/aromatic N) is 2. The normalized spacial score (nSPS) is 17.6. The molecule has 22 heavy (non-hydrogen) atoms. The molecule has 0 saturated carbocycles. The van der Waals surface area contributed by atoms with E-state index in [-0.39, 0.29) is 29.6 Å². The summed E-state index contributed by atoms with van der Waals surface area (Å²) in [6.45, 7) is 0.912. The van der Waals surface area contributed by atoms with Gasteiger partial charge in [0.25, 0.3) is 5.69 Å². The monoisotopic (exact) mass is 327 g/mol. The highest BCUT2D eigenvalue weighted by Crippen LogP contribution is 2.26. The molecule has 1 saturated heterocycles. The number of hydrogen-bond acceptors (Lipinski definition) is 5. The Kier molecular flexibility index (Phi) is 4.81. The van der Waals surface area contributed by atoms with Crippen molar-refractivity contribution in [2.24, 2.45) is 5.92 Å². The minimum absolute atomic E-state index is 0.0214. The van der Waals surface area contributed by atoms with Crippen molar-refractivity contribution in [1.82, 2.24) is 4.90 Å². The third-order valence-corrected chi connectivity index (χ3v) is 3.74. The molecule has 0 aromatic heterocycles. The van der Waals surface area contributed by atoms with Crippen LogP contribution in [0.3, 0.4) is 0 Å². The topological polar surface area (TPSA) is 113 Å². The Morgan fingerprint density at radius 2 is 2.27 bits per heavy atom. The molecular formula is C13H14ClN3O5. The summed E-state index contributed by atoms with van der Waals surface area (Å²) < 4.78 is 0. The first kappa shape index (κ1) is 16.0. The second-order valence-electron chi connectivity index (χ2n) is 4.93. The van der Waals surface area contributed by atoms with E-state index in [4.69, 9.17) is 16.7 Å². The first-order valence-corrected chi connectivity index (χ1v) is 6.94. The molecule has 0 bridgehead atoms. The second kappa shape index (κ2) is 6.61. The molecule has 2 N–H and O–H groups in total. The summed E-state index contributed by atoms with van der Waals surface area (Å²) in [4.78, 5) is 34.1. The average molecular weight is 328 g/mol. The number of carboxylic acids is 1. The summed E-state index contributed by atoms with van der Waals surface area (Å²) in [6, 6.07) is 4.06. The number of carboxylic acid groups (broad SMARTS) is 1. The Hall–Kier alpha value is -2.35. The molecule has 9 heteroatoms. The summed E-state index contributed by atoms with van der Waals surface area (Å²) in [7, 11) is 0.